The van der Waals surface area contributed by atoms with Crippen LogP contribution in [-0.4, -0.2) is 29.9 Å². The highest BCUT2D eigenvalue weighted by Gasteiger charge is 2.41. The largest absolute Gasteiger partial charge is 0.386 e. The molecule has 1 spiro atoms. The lowest BCUT2D eigenvalue weighted by Crippen LogP contribution is -2.41. The number of nitrogens with two attached hydrogens (primary N) is 1. The zero-order valence-electron chi connectivity index (χ0n) is 9.05. The molecule has 1 heterocycles. The maximum Gasteiger partial charge on any atom is 0.108 e. The Balaban J connectivity index is 1.97. The van der Waals surface area contributed by atoms with Gasteiger partial charge in [-0.3, -0.25) is 10.3 Å². The summed E-state index contributed by atoms with van der Waals surface area (Å²) < 4.78 is 0. The Labute approximate surface area is 86.2 Å². The van der Waals surface area contributed by atoms with E-state index in [1.807, 2.05) is 0 Å². The lowest BCUT2D eigenvalue weighted by atomic mass is 9.86. The molecular weight excluding hydrogens is 174 g/mol. The van der Waals surface area contributed by atoms with E-state index in [4.69, 9.17) is 11.1 Å². The molecule has 0 radical (unpaired) electrons. The van der Waals surface area contributed by atoms with Crippen LogP contribution in [0.4, 0.5) is 0 Å². The second-order valence-electron chi connectivity index (χ2n) is 5.06. The van der Waals surface area contributed by atoms with E-state index in [9.17, 15) is 0 Å². The molecule has 3 nitrogen and oxygen atoms in total. The van der Waals surface area contributed by atoms with Crippen LogP contribution in [0, 0.1) is 10.8 Å². The van der Waals surface area contributed by atoms with Crippen LogP contribution in [0.2, 0.25) is 0 Å². The Bertz CT molecular complexity index is 231. The molecule has 3 heteroatoms. The molecule has 0 aromatic rings. The number of nitrogens with one attached hydrogen (secondary N) is 1. The number of hydrogen-bond acceptors (Lipinski definition) is 2. The first-order chi connectivity index (χ1) is 6.63. The minimum atomic E-state index is 0.148. The van der Waals surface area contributed by atoms with E-state index in [1.165, 1.54) is 38.6 Å². The Morgan fingerprint density at radius 1 is 1.36 bits per heavy atom. The highest BCUT2D eigenvalue weighted by atomic mass is 15.2. The van der Waals surface area contributed by atoms with Gasteiger partial charge in [-0.2, -0.15) is 0 Å². The molecule has 0 amide bonds. The van der Waals surface area contributed by atoms with Crippen molar-refractivity contribution in [3.8, 4) is 0 Å². The molecule has 0 aromatic carbocycles. The summed E-state index contributed by atoms with van der Waals surface area (Å²) in [5.41, 5.74) is 6.15. The summed E-state index contributed by atoms with van der Waals surface area (Å²) in [6, 6.07) is 0.148. The van der Waals surface area contributed by atoms with Gasteiger partial charge in [0.1, 0.15) is 5.84 Å². The minimum absolute atomic E-state index is 0.148. The minimum Gasteiger partial charge on any atom is -0.386 e. The Morgan fingerprint density at radius 2 is 2.00 bits per heavy atom. The van der Waals surface area contributed by atoms with E-state index < -0.39 is 0 Å². The number of nitrogens with zero attached hydrogens (tertiary/aromatic N) is 1. The van der Waals surface area contributed by atoms with E-state index in [0.717, 1.165) is 6.54 Å². The van der Waals surface area contributed by atoms with Crippen molar-refractivity contribution in [3.05, 3.63) is 0 Å². The zero-order valence-corrected chi connectivity index (χ0v) is 9.05. The van der Waals surface area contributed by atoms with Crippen molar-refractivity contribution in [3.63, 3.8) is 0 Å². The van der Waals surface area contributed by atoms with E-state index in [0.29, 0.717) is 11.3 Å². The van der Waals surface area contributed by atoms with Crippen LogP contribution in [0.5, 0.6) is 0 Å². The van der Waals surface area contributed by atoms with E-state index in [-0.39, 0.29) is 6.04 Å². The smallest absolute Gasteiger partial charge is 0.108 e. The second kappa shape index (κ2) is 3.54. The molecule has 2 fully saturated rings. The van der Waals surface area contributed by atoms with Crippen molar-refractivity contribution >= 4 is 5.84 Å². The van der Waals surface area contributed by atoms with E-state index in [1.54, 1.807) is 0 Å². The van der Waals surface area contributed by atoms with Gasteiger partial charge in [0.15, 0.2) is 0 Å². The van der Waals surface area contributed by atoms with Gasteiger partial charge in [-0.25, -0.2) is 0 Å². The van der Waals surface area contributed by atoms with Gasteiger partial charge < -0.3 is 5.73 Å². The summed E-state index contributed by atoms with van der Waals surface area (Å²) in [6.45, 7) is 4.37. The summed E-state index contributed by atoms with van der Waals surface area (Å²) in [5, 5.41) is 7.46. The van der Waals surface area contributed by atoms with Gasteiger partial charge in [-0.05, 0) is 38.1 Å². The van der Waals surface area contributed by atoms with Crippen molar-refractivity contribution in [1.82, 2.24) is 4.90 Å². The van der Waals surface area contributed by atoms with Crippen molar-refractivity contribution in [2.24, 2.45) is 11.1 Å². The number of hydrogen-bond donors (Lipinski definition) is 2. The van der Waals surface area contributed by atoms with Crippen LogP contribution in [0.15, 0.2) is 0 Å². The Morgan fingerprint density at radius 3 is 2.57 bits per heavy atom. The fraction of sp³-hybridized carbons (Fsp3) is 0.909. The van der Waals surface area contributed by atoms with E-state index in [2.05, 4.69) is 11.8 Å². The Hall–Kier alpha value is -0.570. The van der Waals surface area contributed by atoms with Gasteiger partial charge in [-0.1, -0.05) is 12.8 Å². The summed E-state index contributed by atoms with van der Waals surface area (Å²) >= 11 is 0. The van der Waals surface area contributed by atoms with Crippen LogP contribution in [0.3, 0.4) is 0 Å². The molecule has 1 unspecified atom stereocenters. The molecular formula is C11H21N3. The van der Waals surface area contributed by atoms with Gasteiger partial charge in [0.2, 0.25) is 0 Å². The first kappa shape index (κ1) is 9.97. The average molecular weight is 195 g/mol. The van der Waals surface area contributed by atoms with Crippen LogP contribution >= 0.6 is 0 Å². The van der Waals surface area contributed by atoms with Crippen molar-refractivity contribution in [2.75, 3.05) is 13.1 Å². The zero-order chi connectivity index (χ0) is 10.2. The van der Waals surface area contributed by atoms with Crippen LogP contribution in [-0.2, 0) is 0 Å². The average Bonchev–Trinajstić information content (AvgIpc) is 2.76. The first-order valence-electron chi connectivity index (χ1n) is 5.71. The molecule has 1 saturated carbocycles. The summed E-state index contributed by atoms with van der Waals surface area (Å²) in [6.07, 6.45) is 6.93. The fourth-order valence-corrected chi connectivity index (χ4v) is 3.03. The van der Waals surface area contributed by atoms with Crippen molar-refractivity contribution < 1.29 is 0 Å². The maximum absolute atomic E-state index is 7.46. The molecule has 14 heavy (non-hydrogen) atoms. The third-order valence-corrected chi connectivity index (χ3v) is 4.13. The highest BCUT2D eigenvalue weighted by Crippen LogP contribution is 2.45. The molecule has 1 aliphatic carbocycles. The lowest BCUT2D eigenvalue weighted by Gasteiger charge is -2.27. The summed E-state index contributed by atoms with van der Waals surface area (Å²) in [7, 11) is 0. The van der Waals surface area contributed by atoms with Gasteiger partial charge in [0.25, 0.3) is 0 Å². The summed E-state index contributed by atoms with van der Waals surface area (Å²) in [5.74, 6) is 0.319. The standard InChI is InChI=1S/C11H21N3/c1-9(10(12)13)14-7-6-11(8-14)4-2-3-5-11/h9H,2-8H2,1H3,(H3,12,13). The monoisotopic (exact) mass is 195 g/mol. The molecule has 2 aliphatic rings. The Kier molecular flexibility index (Phi) is 2.52. The predicted octanol–water partition coefficient (Wildman–Crippen LogP) is 1.58. The third kappa shape index (κ3) is 1.65. The highest BCUT2D eigenvalue weighted by molar-refractivity contribution is 5.82. The van der Waals surface area contributed by atoms with Crippen molar-refractivity contribution in [2.45, 2.75) is 45.1 Å². The van der Waals surface area contributed by atoms with Gasteiger partial charge in [0, 0.05) is 6.54 Å². The topological polar surface area (TPSA) is 53.1 Å². The SMILES string of the molecule is CC(C(=N)N)N1CCC2(CCCC2)C1. The van der Waals surface area contributed by atoms with Crippen LogP contribution in [0.25, 0.3) is 0 Å². The molecule has 1 aliphatic heterocycles. The summed E-state index contributed by atoms with van der Waals surface area (Å²) in [4.78, 5) is 2.38. The number of rotatable bonds is 2. The number of amidine groups is 1. The van der Waals surface area contributed by atoms with E-state index >= 15 is 0 Å². The molecule has 0 aromatic heterocycles. The molecule has 3 N–H and O–H groups in total. The normalized spacial score (nSPS) is 28.4. The maximum atomic E-state index is 7.46. The van der Waals surface area contributed by atoms with Gasteiger partial charge >= 0.3 is 0 Å². The third-order valence-electron chi connectivity index (χ3n) is 4.13. The first-order valence-corrected chi connectivity index (χ1v) is 5.71. The number of likely N-dealkylation sites (tertiary alicyclic amines) is 1. The molecule has 80 valence electrons. The van der Waals surface area contributed by atoms with Gasteiger partial charge in [-0.15, -0.1) is 0 Å². The van der Waals surface area contributed by atoms with Crippen LogP contribution in [0.1, 0.15) is 39.0 Å². The lowest BCUT2D eigenvalue weighted by molar-refractivity contribution is 0.247. The predicted molar refractivity (Wildman–Crippen MR) is 58.5 cm³/mol. The quantitative estimate of drug-likeness (QED) is 0.519. The fourth-order valence-electron chi connectivity index (χ4n) is 3.03. The molecule has 2 rings (SSSR count). The van der Waals surface area contributed by atoms with Gasteiger partial charge in [0.05, 0.1) is 6.04 Å². The second-order valence-corrected chi connectivity index (χ2v) is 5.06. The molecule has 1 atom stereocenters. The molecule has 0 bridgehead atoms. The molecule has 1 saturated heterocycles. The van der Waals surface area contributed by atoms with Crippen molar-refractivity contribution in [1.29, 1.82) is 5.41 Å². The van der Waals surface area contributed by atoms with Crippen LogP contribution < -0.4 is 5.73 Å².